The van der Waals surface area contributed by atoms with Gasteiger partial charge in [-0.3, -0.25) is 9.59 Å². The van der Waals surface area contributed by atoms with Gasteiger partial charge in [-0.05, 0) is 32.1 Å². The van der Waals surface area contributed by atoms with Crippen molar-refractivity contribution < 1.29 is 14.3 Å². The molecule has 0 radical (unpaired) electrons. The molecule has 2 amide bonds. The monoisotopic (exact) mass is 310 g/mol. The SMILES string of the molecule is O=C([C@H]1CSCN1C(=O)[C@@H]1C[C@H]2CC[C@H]1O2)N1CCCC1. The first-order chi connectivity index (χ1) is 10.2. The van der Waals surface area contributed by atoms with Crippen molar-refractivity contribution >= 4 is 23.6 Å². The van der Waals surface area contributed by atoms with Gasteiger partial charge in [0, 0.05) is 18.8 Å². The van der Waals surface area contributed by atoms with Crippen LogP contribution in [0.15, 0.2) is 0 Å². The molecule has 4 aliphatic rings. The Morgan fingerprint density at radius 1 is 1.10 bits per heavy atom. The van der Waals surface area contributed by atoms with E-state index in [1.807, 2.05) is 9.80 Å². The van der Waals surface area contributed by atoms with Crippen molar-refractivity contribution in [1.82, 2.24) is 9.80 Å². The van der Waals surface area contributed by atoms with Gasteiger partial charge >= 0.3 is 0 Å². The molecule has 5 nitrogen and oxygen atoms in total. The molecule has 0 N–H and O–H groups in total. The smallest absolute Gasteiger partial charge is 0.246 e. The highest BCUT2D eigenvalue weighted by Gasteiger charge is 2.48. The first kappa shape index (κ1) is 13.9. The Morgan fingerprint density at radius 2 is 1.90 bits per heavy atom. The van der Waals surface area contributed by atoms with Gasteiger partial charge in [-0.2, -0.15) is 0 Å². The fourth-order valence-electron chi connectivity index (χ4n) is 4.12. The highest BCUT2D eigenvalue weighted by atomic mass is 32.2. The van der Waals surface area contributed by atoms with Crippen LogP contribution in [0.4, 0.5) is 0 Å². The van der Waals surface area contributed by atoms with Crippen LogP contribution in [0.25, 0.3) is 0 Å². The fraction of sp³-hybridized carbons (Fsp3) is 0.867. The highest BCUT2D eigenvalue weighted by molar-refractivity contribution is 7.99. The summed E-state index contributed by atoms with van der Waals surface area (Å²) < 4.78 is 5.81. The molecule has 0 aromatic rings. The van der Waals surface area contributed by atoms with Crippen LogP contribution in [0.3, 0.4) is 0 Å². The highest BCUT2D eigenvalue weighted by Crippen LogP contribution is 2.40. The molecule has 0 spiro atoms. The number of carbonyl (C=O) groups is 2. The van der Waals surface area contributed by atoms with Crippen molar-refractivity contribution in [2.45, 2.75) is 50.4 Å². The number of thioether (sulfide) groups is 1. The molecule has 0 aromatic carbocycles. The first-order valence-corrected chi connectivity index (χ1v) is 9.22. The Hall–Kier alpha value is -0.750. The molecule has 4 fully saturated rings. The molecule has 0 aromatic heterocycles. The van der Waals surface area contributed by atoms with Crippen molar-refractivity contribution in [2.75, 3.05) is 24.7 Å². The molecule has 6 heteroatoms. The topological polar surface area (TPSA) is 49.9 Å². The van der Waals surface area contributed by atoms with Gasteiger partial charge in [0.25, 0.3) is 0 Å². The molecule has 21 heavy (non-hydrogen) atoms. The summed E-state index contributed by atoms with van der Waals surface area (Å²) >= 11 is 1.70. The van der Waals surface area contributed by atoms with Crippen LogP contribution >= 0.6 is 11.8 Å². The van der Waals surface area contributed by atoms with Crippen molar-refractivity contribution in [1.29, 1.82) is 0 Å². The second-order valence-corrected chi connectivity index (χ2v) is 7.57. The molecular formula is C15H22N2O3S. The van der Waals surface area contributed by atoms with Crippen LogP contribution < -0.4 is 0 Å². The molecule has 2 bridgehead atoms. The van der Waals surface area contributed by atoms with Crippen LogP contribution in [-0.2, 0) is 14.3 Å². The van der Waals surface area contributed by atoms with Crippen LogP contribution in [0.5, 0.6) is 0 Å². The summed E-state index contributed by atoms with van der Waals surface area (Å²) in [6.45, 7) is 1.72. The molecule has 4 heterocycles. The number of carbonyl (C=O) groups excluding carboxylic acids is 2. The van der Waals surface area contributed by atoms with E-state index in [0.717, 1.165) is 50.9 Å². The Balaban J connectivity index is 1.45. The number of amides is 2. The average Bonchev–Trinajstić information content (AvgIpc) is 3.29. The molecule has 4 saturated heterocycles. The molecular weight excluding hydrogens is 288 g/mol. The van der Waals surface area contributed by atoms with E-state index in [-0.39, 0.29) is 36.0 Å². The van der Waals surface area contributed by atoms with Crippen LogP contribution in [0.2, 0.25) is 0 Å². The molecule has 0 aliphatic carbocycles. The van der Waals surface area contributed by atoms with Gasteiger partial charge in [-0.1, -0.05) is 0 Å². The maximum absolute atomic E-state index is 12.8. The molecule has 4 rings (SSSR count). The Bertz CT molecular complexity index is 452. The maximum atomic E-state index is 12.8. The van der Waals surface area contributed by atoms with Crippen molar-refractivity contribution in [3.05, 3.63) is 0 Å². The molecule has 4 aliphatic heterocycles. The predicted molar refractivity (Wildman–Crippen MR) is 79.8 cm³/mol. The van der Waals surface area contributed by atoms with Gasteiger partial charge in [0.2, 0.25) is 11.8 Å². The molecule has 0 saturated carbocycles. The number of hydrogen-bond donors (Lipinski definition) is 0. The summed E-state index contributed by atoms with van der Waals surface area (Å²) in [5, 5.41) is 0. The molecule has 4 atom stereocenters. The second kappa shape index (κ2) is 5.47. The van der Waals surface area contributed by atoms with Gasteiger partial charge in [-0.25, -0.2) is 0 Å². The van der Waals surface area contributed by atoms with E-state index in [0.29, 0.717) is 5.88 Å². The van der Waals surface area contributed by atoms with E-state index in [2.05, 4.69) is 0 Å². The summed E-state index contributed by atoms with van der Waals surface area (Å²) in [6, 6.07) is -0.236. The third-order valence-corrected chi connectivity index (χ3v) is 6.30. The summed E-state index contributed by atoms with van der Waals surface area (Å²) in [5.74, 6) is 1.73. The summed E-state index contributed by atoms with van der Waals surface area (Å²) in [6.07, 6.45) is 5.55. The fourth-order valence-corrected chi connectivity index (χ4v) is 5.28. The third kappa shape index (κ3) is 2.36. The zero-order valence-electron chi connectivity index (χ0n) is 12.2. The lowest BCUT2D eigenvalue weighted by atomic mass is 9.88. The van der Waals surface area contributed by atoms with Crippen LogP contribution in [-0.4, -0.2) is 64.6 Å². The zero-order valence-corrected chi connectivity index (χ0v) is 13.0. The van der Waals surface area contributed by atoms with Crippen LogP contribution in [0, 0.1) is 5.92 Å². The Kier molecular flexibility index (Phi) is 3.61. The zero-order chi connectivity index (χ0) is 14.4. The maximum Gasteiger partial charge on any atom is 0.246 e. The van der Waals surface area contributed by atoms with Gasteiger partial charge in [-0.15, -0.1) is 11.8 Å². The molecule has 116 valence electrons. The number of nitrogens with zero attached hydrogens (tertiary/aromatic N) is 2. The van der Waals surface area contributed by atoms with Crippen molar-refractivity contribution in [2.24, 2.45) is 5.92 Å². The lowest BCUT2D eigenvalue weighted by Crippen LogP contribution is -2.50. The molecule has 0 unspecified atom stereocenters. The predicted octanol–water partition coefficient (Wildman–Crippen LogP) is 1.08. The van der Waals surface area contributed by atoms with Crippen LogP contribution in [0.1, 0.15) is 32.1 Å². The van der Waals surface area contributed by atoms with Gasteiger partial charge in [0.1, 0.15) is 6.04 Å². The summed E-state index contributed by atoms with van der Waals surface area (Å²) in [4.78, 5) is 29.2. The minimum atomic E-state index is -0.236. The summed E-state index contributed by atoms with van der Waals surface area (Å²) in [5.41, 5.74) is 0. The summed E-state index contributed by atoms with van der Waals surface area (Å²) in [7, 11) is 0. The second-order valence-electron chi connectivity index (χ2n) is 6.57. The number of fused-ring (bicyclic) bond motifs is 2. The van der Waals surface area contributed by atoms with Gasteiger partial charge < -0.3 is 14.5 Å². The van der Waals surface area contributed by atoms with E-state index in [9.17, 15) is 9.59 Å². The van der Waals surface area contributed by atoms with Gasteiger partial charge in [0.05, 0.1) is 24.0 Å². The van der Waals surface area contributed by atoms with Gasteiger partial charge in [0.15, 0.2) is 0 Å². The van der Waals surface area contributed by atoms with Crippen molar-refractivity contribution in [3.8, 4) is 0 Å². The largest absolute Gasteiger partial charge is 0.374 e. The normalized spacial score (nSPS) is 38.5. The lowest BCUT2D eigenvalue weighted by molar-refractivity contribution is -0.146. The number of hydrogen-bond acceptors (Lipinski definition) is 4. The number of ether oxygens (including phenoxy) is 1. The Morgan fingerprint density at radius 3 is 2.57 bits per heavy atom. The van der Waals surface area contributed by atoms with E-state index >= 15 is 0 Å². The standard InChI is InChI=1S/C15H22N2O3S/c18-14(11-7-10-3-4-13(11)20-10)17-9-21-8-12(17)15(19)16-5-1-2-6-16/h10-13H,1-9H2/t10-,11-,12-,13-/m1/s1. The third-order valence-electron chi connectivity index (χ3n) is 5.29. The number of likely N-dealkylation sites (tertiary alicyclic amines) is 1. The minimum absolute atomic E-state index is 0.00340. The van der Waals surface area contributed by atoms with E-state index in [4.69, 9.17) is 4.74 Å². The number of rotatable bonds is 2. The van der Waals surface area contributed by atoms with E-state index in [1.54, 1.807) is 11.8 Å². The van der Waals surface area contributed by atoms with Crippen molar-refractivity contribution in [3.63, 3.8) is 0 Å². The quantitative estimate of drug-likeness (QED) is 0.766. The van der Waals surface area contributed by atoms with E-state index < -0.39 is 0 Å². The first-order valence-electron chi connectivity index (χ1n) is 8.06. The average molecular weight is 310 g/mol. The minimum Gasteiger partial charge on any atom is -0.374 e. The Labute approximate surface area is 129 Å². The lowest BCUT2D eigenvalue weighted by Gasteiger charge is -2.30. The van der Waals surface area contributed by atoms with E-state index in [1.165, 1.54) is 0 Å².